The molecular weight excluding hydrogens is 467 g/mol. The maximum atomic E-state index is 6.34. The average molecular weight is 496 g/mol. The van der Waals surface area contributed by atoms with Crippen LogP contribution in [0.5, 0.6) is 0 Å². The Kier molecular flexibility index (Phi) is 9.21. The lowest BCUT2D eigenvalue weighted by Gasteiger charge is -2.17. The van der Waals surface area contributed by atoms with Crippen molar-refractivity contribution in [3.05, 3.63) is 71.8 Å². The third-order valence-corrected chi connectivity index (χ3v) is 5.89. The quantitative estimate of drug-likeness (QED) is 0.235. The van der Waals surface area contributed by atoms with E-state index in [0.29, 0.717) is 13.2 Å². The summed E-state index contributed by atoms with van der Waals surface area (Å²) >= 11 is 2.38. The Morgan fingerprint density at radius 3 is 1.96 bits per heavy atom. The van der Waals surface area contributed by atoms with Crippen molar-refractivity contribution in [3.63, 3.8) is 0 Å². The van der Waals surface area contributed by atoms with Gasteiger partial charge in [-0.1, -0.05) is 83.3 Å². The average Bonchev–Trinajstić information content (AvgIpc) is 3.18. The van der Waals surface area contributed by atoms with Gasteiger partial charge in [-0.05, 0) is 30.4 Å². The molecule has 0 aromatic heterocycles. The van der Waals surface area contributed by atoms with Gasteiger partial charge in [0.15, 0.2) is 6.29 Å². The number of alkyl halides is 1. The molecule has 0 amide bonds. The Labute approximate surface area is 181 Å². The Morgan fingerprint density at radius 2 is 1.46 bits per heavy atom. The number of hydrogen-bond acceptors (Lipinski definition) is 4. The zero-order chi connectivity index (χ0) is 19.6. The molecule has 0 saturated carbocycles. The molecule has 3 rings (SSSR count). The first-order chi connectivity index (χ1) is 13.8. The molecular formula is C23H29IO4. The smallest absolute Gasteiger partial charge is 0.159 e. The van der Waals surface area contributed by atoms with E-state index in [9.17, 15) is 0 Å². The summed E-state index contributed by atoms with van der Waals surface area (Å²) in [7, 11) is 1.70. The molecule has 1 fully saturated rings. The zero-order valence-electron chi connectivity index (χ0n) is 16.3. The highest BCUT2D eigenvalue weighted by Gasteiger charge is 2.37. The first-order valence-electron chi connectivity index (χ1n) is 9.89. The number of methoxy groups -OCH3 is 1. The van der Waals surface area contributed by atoms with Gasteiger partial charge in [0, 0.05) is 11.5 Å². The fourth-order valence-corrected chi connectivity index (χ4v) is 4.14. The Bertz CT molecular complexity index is 619. The molecule has 152 valence electrons. The van der Waals surface area contributed by atoms with Gasteiger partial charge in [0.2, 0.25) is 0 Å². The summed E-state index contributed by atoms with van der Waals surface area (Å²) in [6, 6.07) is 20.7. The highest BCUT2D eigenvalue weighted by Crippen LogP contribution is 2.43. The zero-order valence-corrected chi connectivity index (χ0v) is 18.5. The first kappa shape index (κ1) is 21.7. The van der Waals surface area contributed by atoms with Gasteiger partial charge in [-0.15, -0.1) is 0 Å². The van der Waals surface area contributed by atoms with Crippen molar-refractivity contribution in [2.75, 3.05) is 24.8 Å². The standard InChI is InChI=1S/C23H29IO4/c1-25-15-16-26-20(17-24)13-8-14-21-27-22(18-9-4-2-5-10-18)23(28-21)19-11-6-3-7-12-19/h2-7,9-12,20-23H,8,13-17H2,1H3/t20?,22-,23-/m1/s1. The van der Waals surface area contributed by atoms with Crippen molar-refractivity contribution in [1.82, 2.24) is 0 Å². The van der Waals surface area contributed by atoms with Crippen LogP contribution in [0.15, 0.2) is 60.7 Å². The van der Waals surface area contributed by atoms with Crippen molar-refractivity contribution in [3.8, 4) is 0 Å². The van der Waals surface area contributed by atoms with Gasteiger partial charge < -0.3 is 18.9 Å². The Balaban J connectivity index is 1.57. The minimum Gasteiger partial charge on any atom is -0.382 e. The molecule has 0 N–H and O–H groups in total. The Morgan fingerprint density at radius 1 is 0.893 bits per heavy atom. The second kappa shape index (κ2) is 11.9. The van der Waals surface area contributed by atoms with Crippen LogP contribution < -0.4 is 0 Å². The lowest BCUT2D eigenvalue weighted by molar-refractivity contribution is -0.0743. The third-order valence-electron chi connectivity index (χ3n) is 4.91. The van der Waals surface area contributed by atoms with E-state index in [2.05, 4.69) is 71.1 Å². The number of rotatable bonds is 11. The Hall–Kier alpha value is -0.990. The molecule has 28 heavy (non-hydrogen) atoms. The van der Waals surface area contributed by atoms with Gasteiger partial charge in [-0.25, -0.2) is 0 Å². The van der Waals surface area contributed by atoms with E-state index in [-0.39, 0.29) is 24.6 Å². The van der Waals surface area contributed by atoms with Gasteiger partial charge in [0.25, 0.3) is 0 Å². The predicted molar refractivity (Wildman–Crippen MR) is 119 cm³/mol. The van der Waals surface area contributed by atoms with Crippen LogP contribution in [-0.4, -0.2) is 37.1 Å². The van der Waals surface area contributed by atoms with Crippen LogP contribution in [-0.2, 0) is 18.9 Å². The number of benzene rings is 2. The summed E-state index contributed by atoms with van der Waals surface area (Å²) in [6.45, 7) is 1.28. The van der Waals surface area contributed by atoms with E-state index in [1.54, 1.807) is 7.11 Å². The molecule has 1 unspecified atom stereocenters. The van der Waals surface area contributed by atoms with E-state index >= 15 is 0 Å². The van der Waals surface area contributed by atoms with Gasteiger partial charge in [-0.2, -0.15) is 0 Å². The molecule has 1 saturated heterocycles. The van der Waals surface area contributed by atoms with Crippen molar-refractivity contribution in [2.24, 2.45) is 0 Å². The third kappa shape index (κ3) is 6.26. The lowest BCUT2D eigenvalue weighted by atomic mass is 9.99. The molecule has 1 heterocycles. The molecule has 0 bridgehead atoms. The monoisotopic (exact) mass is 496 g/mol. The number of hydrogen-bond donors (Lipinski definition) is 0. The van der Waals surface area contributed by atoms with Gasteiger partial charge in [0.05, 0.1) is 19.3 Å². The fraction of sp³-hybridized carbons (Fsp3) is 0.478. The molecule has 1 aliphatic heterocycles. The van der Waals surface area contributed by atoms with Crippen molar-refractivity contribution < 1.29 is 18.9 Å². The lowest BCUT2D eigenvalue weighted by Crippen LogP contribution is -2.18. The normalized spacial score (nSPS) is 21.1. The second-order valence-electron chi connectivity index (χ2n) is 6.94. The van der Waals surface area contributed by atoms with Crippen LogP contribution in [0.25, 0.3) is 0 Å². The highest BCUT2D eigenvalue weighted by atomic mass is 127. The predicted octanol–water partition coefficient (Wildman–Crippen LogP) is 5.48. The van der Waals surface area contributed by atoms with E-state index < -0.39 is 0 Å². The maximum Gasteiger partial charge on any atom is 0.159 e. The molecule has 2 aromatic carbocycles. The topological polar surface area (TPSA) is 36.9 Å². The minimum absolute atomic E-state index is 0.0769. The van der Waals surface area contributed by atoms with E-state index in [1.165, 1.54) is 0 Å². The van der Waals surface area contributed by atoms with Crippen molar-refractivity contribution >= 4 is 22.6 Å². The molecule has 4 nitrogen and oxygen atoms in total. The summed E-state index contributed by atoms with van der Waals surface area (Å²) in [4.78, 5) is 0. The van der Waals surface area contributed by atoms with Crippen LogP contribution in [0.2, 0.25) is 0 Å². The van der Waals surface area contributed by atoms with Gasteiger partial charge >= 0.3 is 0 Å². The molecule has 0 spiro atoms. The summed E-state index contributed by atoms with van der Waals surface area (Å²) in [5.41, 5.74) is 2.32. The summed E-state index contributed by atoms with van der Waals surface area (Å²) in [5, 5.41) is 0. The molecule has 3 atom stereocenters. The SMILES string of the molecule is COCCOC(CI)CCCC1O[C@H](c2ccccc2)[C@@H](c2ccccc2)O1. The van der Waals surface area contributed by atoms with Crippen LogP contribution >= 0.6 is 22.6 Å². The molecule has 0 aliphatic carbocycles. The summed E-state index contributed by atoms with van der Waals surface area (Å²) in [5.74, 6) is 0. The number of ether oxygens (including phenoxy) is 4. The molecule has 1 aliphatic rings. The van der Waals surface area contributed by atoms with Gasteiger partial charge in [0.1, 0.15) is 12.2 Å². The fourth-order valence-electron chi connectivity index (χ4n) is 3.45. The molecule has 0 radical (unpaired) electrons. The summed E-state index contributed by atoms with van der Waals surface area (Å²) < 4.78 is 24.6. The van der Waals surface area contributed by atoms with Crippen LogP contribution in [0.3, 0.4) is 0 Å². The molecule has 5 heteroatoms. The van der Waals surface area contributed by atoms with Crippen LogP contribution in [0, 0.1) is 0 Å². The van der Waals surface area contributed by atoms with Gasteiger partial charge in [-0.3, -0.25) is 0 Å². The summed E-state index contributed by atoms with van der Waals surface area (Å²) in [6.07, 6.45) is 2.79. The largest absolute Gasteiger partial charge is 0.382 e. The van der Waals surface area contributed by atoms with E-state index in [1.807, 2.05) is 12.1 Å². The van der Waals surface area contributed by atoms with E-state index in [4.69, 9.17) is 18.9 Å². The highest BCUT2D eigenvalue weighted by molar-refractivity contribution is 14.1. The van der Waals surface area contributed by atoms with E-state index in [0.717, 1.165) is 34.8 Å². The number of halogens is 1. The van der Waals surface area contributed by atoms with Crippen LogP contribution in [0.4, 0.5) is 0 Å². The second-order valence-corrected chi connectivity index (χ2v) is 7.82. The van der Waals surface area contributed by atoms with Crippen molar-refractivity contribution in [2.45, 2.75) is 43.9 Å². The minimum atomic E-state index is -0.191. The van der Waals surface area contributed by atoms with Crippen molar-refractivity contribution in [1.29, 1.82) is 0 Å². The molecule has 2 aromatic rings. The maximum absolute atomic E-state index is 6.34. The first-order valence-corrected chi connectivity index (χ1v) is 11.4. The van der Waals surface area contributed by atoms with Crippen LogP contribution in [0.1, 0.15) is 42.6 Å².